The van der Waals surface area contributed by atoms with Crippen molar-refractivity contribution in [3.05, 3.63) is 46.7 Å². The summed E-state index contributed by atoms with van der Waals surface area (Å²) in [5.41, 5.74) is 1.83. The summed E-state index contributed by atoms with van der Waals surface area (Å²) in [4.78, 5) is 17.4. The zero-order valence-electron chi connectivity index (χ0n) is 14.8. The number of aliphatic hydroxyl groups is 1. The van der Waals surface area contributed by atoms with Crippen LogP contribution in [0, 0.1) is 5.92 Å². The summed E-state index contributed by atoms with van der Waals surface area (Å²) >= 11 is 3.42. The highest BCUT2D eigenvalue weighted by Crippen LogP contribution is 2.48. The summed E-state index contributed by atoms with van der Waals surface area (Å²) in [5.74, 6) is 0.294. The Morgan fingerprint density at radius 3 is 2.92 bits per heavy atom. The number of aliphatic hydroxyl groups excluding tert-OH is 1. The van der Waals surface area contributed by atoms with Crippen LogP contribution < -0.4 is 5.32 Å². The van der Waals surface area contributed by atoms with Gasteiger partial charge < -0.3 is 15.3 Å². The molecule has 1 heterocycles. The van der Waals surface area contributed by atoms with E-state index in [0.717, 1.165) is 10.9 Å². The quantitative estimate of drug-likeness (QED) is 0.637. The maximum Gasteiger partial charge on any atom is 0.228 e. The third-order valence-electron chi connectivity index (χ3n) is 4.50. The molecule has 0 bridgehead atoms. The minimum Gasteiger partial charge on any atom is -0.390 e. The number of rotatable bonds is 8. The van der Waals surface area contributed by atoms with Gasteiger partial charge in [-0.3, -0.25) is 9.48 Å². The van der Waals surface area contributed by atoms with Crippen LogP contribution in [0.2, 0.25) is 0 Å². The van der Waals surface area contributed by atoms with Gasteiger partial charge in [-0.2, -0.15) is 10.2 Å². The first-order chi connectivity index (χ1) is 12.5. The summed E-state index contributed by atoms with van der Waals surface area (Å²) < 4.78 is 2.65. The Hall–Kier alpha value is -1.74. The fourth-order valence-corrected chi connectivity index (χ4v) is 3.24. The normalized spacial score (nSPS) is 20.2. The zero-order valence-corrected chi connectivity index (χ0v) is 16.4. The second-order valence-corrected chi connectivity index (χ2v) is 7.50. The van der Waals surface area contributed by atoms with Crippen LogP contribution in [-0.4, -0.2) is 52.7 Å². The van der Waals surface area contributed by atoms with Crippen molar-refractivity contribution in [2.24, 2.45) is 5.92 Å². The number of benzene rings is 1. The van der Waals surface area contributed by atoms with Crippen molar-refractivity contribution in [3.63, 3.8) is 0 Å². The molecular weight excluding hydrogens is 400 g/mol. The molecule has 1 fully saturated rings. The average Bonchev–Trinajstić information content (AvgIpc) is 3.30. The van der Waals surface area contributed by atoms with Gasteiger partial charge in [0.25, 0.3) is 0 Å². The predicted molar refractivity (Wildman–Crippen MR) is 101 cm³/mol. The van der Waals surface area contributed by atoms with Crippen molar-refractivity contribution in [3.8, 4) is 0 Å². The lowest BCUT2D eigenvalue weighted by Gasteiger charge is -2.17. The van der Waals surface area contributed by atoms with Gasteiger partial charge in [-0.25, -0.2) is 0 Å². The molecular formula is C18H23BrN4O3. The standard InChI is InChI=1S/C18H23BrN4O3/c1-22(26-2)10-15(24)11-23-9-14(8-20-23)21-18(25)17-7-16(17)12-3-5-13(19)6-4-12/h3-6,8-9,15-17,24H,7,10-11H2,1-2H3,(H,21,25)/t15-,16-,17+/m0/s1. The van der Waals surface area contributed by atoms with Crippen molar-refractivity contribution in [1.82, 2.24) is 14.8 Å². The summed E-state index contributed by atoms with van der Waals surface area (Å²) in [6.45, 7) is 0.698. The first-order valence-electron chi connectivity index (χ1n) is 8.48. The molecule has 0 spiro atoms. The van der Waals surface area contributed by atoms with E-state index in [0.29, 0.717) is 18.8 Å². The highest BCUT2D eigenvalue weighted by atomic mass is 79.9. The predicted octanol–water partition coefficient (Wildman–Crippen LogP) is 2.24. The second-order valence-electron chi connectivity index (χ2n) is 6.59. The molecule has 2 aromatic rings. The van der Waals surface area contributed by atoms with Gasteiger partial charge >= 0.3 is 0 Å². The van der Waals surface area contributed by atoms with Crippen molar-refractivity contribution in [2.45, 2.75) is 25.0 Å². The fourth-order valence-electron chi connectivity index (χ4n) is 2.97. The Morgan fingerprint density at radius 1 is 1.50 bits per heavy atom. The monoisotopic (exact) mass is 422 g/mol. The molecule has 1 saturated carbocycles. The van der Waals surface area contributed by atoms with Crippen molar-refractivity contribution in [2.75, 3.05) is 26.0 Å². The van der Waals surface area contributed by atoms with Gasteiger partial charge in [0.15, 0.2) is 0 Å². The minimum absolute atomic E-state index is 0.000434. The van der Waals surface area contributed by atoms with Crippen LogP contribution in [0.25, 0.3) is 0 Å². The molecule has 2 N–H and O–H groups in total. The molecule has 7 nitrogen and oxygen atoms in total. The molecule has 1 amide bonds. The molecule has 0 unspecified atom stereocenters. The average molecular weight is 423 g/mol. The number of hydrogen-bond acceptors (Lipinski definition) is 5. The van der Waals surface area contributed by atoms with E-state index in [1.165, 1.54) is 5.56 Å². The van der Waals surface area contributed by atoms with Crippen molar-refractivity contribution in [1.29, 1.82) is 0 Å². The van der Waals surface area contributed by atoms with Gasteiger partial charge in [-0.15, -0.1) is 0 Å². The first-order valence-corrected chi connectivity index (χ1v) is 9.27. The van der Waals surface area contributed by atoms with Gasteiger partial charge in [-0.1, -0.05) is 28.1 Å². The third-order valence-corrected chi connectivity index (χ3v) is 5.03. The Morgan fingerprint density at radius 2 is 2.23 bits per heavy atom. The number of nitrogens with zero attached hydrogens (tertiary/aromatic N) is 3. The van der Waals surface area contributed by atoms with Gasteiger partial charge in [0.05, 0.1) is 38.2 Å². The van der Waals surface area contributed by atoms with E-state index in [1.807, 2.05) is 12.1 Å². The lowest BCUT2D eigenvalue weighted by atomic mass is 10.1. The van der Waals surface area contributed by atoms with Crippen LogP contribution >= 0.6 is 15.9 Å². The second kappa shape index (κ2) is 8.30. The molecule has 0 radical (unpaired) electrons. The van der Waals surface area contributed by atoms with E-state index in [-0.39, 0.29) is 17.7 Å². The molecule has 26 heavy (non-hydrogen) atoms. The number of likely N-dealkylation sites (N-methyl/N-ethyl adjacent to an activating group) is 1. The lowest BCUT2D eigenvalue weighted by molar-refractivity contribution is -0.129. The highest BCUT2D eigenvalue weighted by molar-refractivity contribution is 9.10. The molecule has 8 heteroatoms. The molecule has 1 aromatic carbocycles. The molecule has 1 aromatic heterocycles. The minimum atomic E-state index is -0.617. The number of carbonyl (C=O) groups is 1. The third kappa shape index (κ3) is 4.91. The van der Waals surface area contributed by atoms with Gasteiger partial charge in [0.1, 0.15) is 0 Å². The maximum atomic E-state index is 12.4. The van der Waals surface area contributed by atoms with Gasteiger partial charge in [0, 0.05) is 23.6 Å². The van der Waals surface area contributed by atoms with Crippen molar-refractivity contribution >= 4 is 27.5 Å². The maximum absolute atomic E-state index is 12.4. The van der Waals surface area contributed by atoms with Gasteiger partial charge in [0.2, 0.25) is 5.91 Å². The summed E-state index contributed by atoms with van der Waals surface area (Å²) in [7, 11) is 3.29. The topological polar surface area (TPSA) is 79.6 Å². The molecule has 1 aliphatic carbocycles. The van der Waals surface area contributed by atoms with E-state index in [9.17, 15) is 9.90 Å². The summed E-state index contributed by atoms with van der Waals surface area (Å²) in [6, 6.07) is 8.11. The summed E-state index contributed by atoms with van der Waals surface area (Å²) in [5, 5.41) is 18.6. The number of aromatic nitrogens is 2. The highest BCUT2D eigenvalue weighted by Gasteiger charge is 2.43. The Labute approximate surface area is 161 Å². The van der Waals surface area contributed by atoms with Crippen LogP contribution in [0.15, 0.2) is 41.1 Å². The van der Waals surface area contributed by atoms with Crippen LogP contribution in [0.4, 0.5) is 5.69 Å². The molecule has 0 aliphatic heterocycles. The first kappa shape index (κ1) is 19.0. The molecule has 3 rings (SSSR count). The van der Waals surface area contributed by atoms with Crippen LogP contribution in [-0.2, 0) is 16.2 Å². The Kier molecular flexibility index (Phi) is 6.08. The van der Waals surface area contributed by atoms with E-state index in [2.05, 4.69) is 38.5 Å². The SMILES string of the molecule is CON(C)C[C@H](O)Cn1cc(NC(=O)[C@@H]2C[C@H]2c2ccc(Br)cc2)cn1. The smallest absolute Gasteiger partial charge is 0.228 e. The summed E-state index contributed by atoms with van der Waals surface area (Å²) in [6.07, 6.45) is 3.57. The Bertz CT molecular complexity index is 749. The number of nitrogens with one attached hydrogen (secondary N) is 1. The van der Waals surface area contributed by atoms with Gasteiger partial charge in [-0.05, 0) is 30.0 Å². The molecule has 0 saturated heterocycles. The number of halogens is 1. The van der Waals surface area contributed by atoms with E-state index >= 15 is 0 Å². The number of hydrogen-bond donors (Lipinski definition) is 2. The van der Waals surface area contributed by atoms with E-state index in [4.69, 9.17) is 4.84 Å². The van der Waals surface area contributed by atoms with Crippen LogP contribution in [0.3, 0.4) is 0 Å². The number of carbonyl (C=O) groups excluding carboxylic acids is 1. The largest absolute Gasteiger partial charge is 0.390 e. The Balaban J connectivity index is 1.50. The number of amides is 1. The van der Waals surface area contributed by atoms with Crippen LogP contribution in [0.5, 0.6) is 0 Å². The van der Waals surface area contributed by atoms with Crippen LogP contribution in [0.1, 0.15) is 17.9 Å². The number of hydroxylamine groups is 2. The molecule has 1 aliphatic rings. The zero-order chi connectivity index (χ0) is 18.7. The fraction of sp³-hybridized carbons (Fsp3) is 0.444. The molecule has 140 valence electrons. The lowest BCUT2D eigenvalue weighted by Crippen LogP contribution is -2.31. The van der Waals surface area contributed by atoms with E-state index < -0.39 is 6.10 Å². The number of anilines is 1. The molecule has 3 atom stereocenters. The van der Waals surface area contributed by atoms with Crippen molar-refractivity contribution < 1.29 is 14.7 Å². The van der Waals surface area contributed by atoms with E-state index in [1.54, 1.807) is 36.3 Å².